The molecule has 0 heterocycles. The van der Waals surface area contributed by atoms with Crippen LogP contribution in [0.5, 0.6) is 0 Å². The highest BCUT2D eigenvalue weighted by molar-refractivity contribution is 4.81. The summed E-state index contributed by atoms with van der Waals surface area (Å²) in [6.45, 7) is 10.5. The minimum atomic E-state index is 0.699. The molecule has 2 nitrogen and oxygen atoms in total. The zero-order chi connectivity index (χ0) is 11.8. The van der Waals surface area contributed by atoms with Crippen molar-refractivity contribution in [2.75, 3.05) is 19.6 Å². The lowest BCUT2D eigenvalue weighted by atomic mass is 10.1. The molecule has 1 unspecified atom stereocenters. The van der Waals surface area contributed by atoms with Crippen LogP contribution in [0.25, 0.3) is 0 Å². The molecule has 2 heteroatoms. The minimum absolute atomic E-state index is 0.699. The van der Waals surface area contributed by atoms with Crippen LogP contribution in [0.4, 0.5) is 0 Å². The molecular formula is C14H30N2. The van der Waals surface area contributed by atoms with E-state index in [-0.39, 0.29) is 0 Å². The smallest absolute Gasteiger partial charge is 0.0195 e. The summed E-state index contributed by atoms with van der Waals surface area (Å²) in [5.41, 5.74) is 0. The summed E-state index contributed by atoms with van der Waals surface area (Å²) in [7, 11) is 0. The Morgan fingerprint density at radius 2 is 1.94 bits per heavy atom. The van der Waals surface area contributed by atoms with Gasteiger partial charge in [0.25, 0.3) is 0 Å². The van der Waals surface area contributed by atoms with E-state index in [1.54, 1.807) is 0 Å². The topological polar surface area (TPSA) is 15.3 Å². The van der Waals surface area contributed by atoms with E-state index in [1.807, 2.05) is 0 Å². The van der Waals surface area contributed by atoms with Gasteiger partial charge in [0, 0.05) is 18.6 Å². The Kier molecular flexibility index (Phi) is 7.06. The maximum Gasteiger partial charge on any atom is 0.0195 e. The molecule has 0 amide bonds. The number of nitrogens with one attached hydrogen (secondary N) is 1. The summed E-state index contributed by atoms with van der Waals surface area (Å²) in [6, 6.07) is 1.57. The van der Waals surface area contributed by atoms with Crippen LogP contribution in [0, 0.1) is 0 Å². The molecule has 1 aliphatic rings. The molecule has 1 fully saturated rings. The summed E-state index contributed by atoms with van der Waals surface area (Å²) in [4.78, 5) is 2.70. The summed E-state index contributed by atoms with van der Waals surface area (Å²) in [5, 5.41) is 3.58. The van der Waals surface area contributed by atoms with Gasteiger partial charge in [-0.1, -0.05) is 33.1 Å². The summed E-state index contributed by atoms with van der Waals surface area (Å²) < 4.78 is 0. The molecule has 0 aromatic heterocycles. The first-order chi connectivity index (χ1) is 7.79. The lowest BCUT2D eigenvalue weighted by Gasteiger charge is -2.33. The van der Waals surface area contributed by atoms with Gasteiger partial charge in [0.2, 0.25) is 0 Å². The van der Waals surface area contributed by atoms with Gasteiger partial charge in [-0.3, -0.25) is 4.90 Å². The lowest BCUT2D eigenvalue weighted by molar-refractivity contribution is 0.151. The third kappa shape index (κ3) is 4.42. The average molecular weight is 226 g/mol. The molecule has 1 rings (SSSR count). The number of nitrogens with zero attached hydrogens (tertiary/aromatic N) is 1. The zero-order valence-electron chi connectivity index (χ0n) is 11.5. The van der Waals surface area contributed by atoms with E-state index in [4.69, 9.17) is 0 Å². The highest BCUT2D eigenvalue weighted by Crippen LogP contribution is 2.24. The Hall–Kier alpha value is -0.0800. The van der Waals surface area contributed by atoms with Crippen molar-refractivity contribution < 1.29 is 0 Å². The van der Waals surface area contributed by atoms with Crippen molar-refractivity contribution in [1.29, 1.82) is 0 Å². The predicted octanol–water partition coefficient (Wildman–Crippen LogP) is 3.03. The van der Waals surface area contributed by atoms with Crippen LogP contribution in [-0.2, 0) is 0 Å². The molecule has 1 saturated carbocycles. The minimum Gasteiger partial charge on any atom is -0.315 e. The molecule has 0 radical (unpaired) electrons. The Labute approximate surface area is 102 Å². The molecule has 0 saturated heterocycles. The average Bonchev–Trinajstić information content (AvgIpc) is 2.79. The van der Waals surface area contributed by atoms with Gasteiger partial charge in [-0.2, -0.15) is 0 Å². The first-order valence-electron chi connectivity index (χ1n) is 7.26. The summed E-state index contributed by atoms with van der Waals surface area (Å²) in [6.07, 6.45) is 8.33. The van der Waals surface area contributed by atoms with Crippen molar-refractivity contribution in [3.8, 4) is 0 Å². The van der Waals surface area contributed by atoms with E-state index in [2.05, 4.69) is 31.0 Å². The van der Waals surface area contributed by atoms with Gasteiger partial charge in [0.15, 0.2) is 0 Å². The fourth-order valence-corrected chi connectivity index (χ4v) is 2.90. The maximum atomic E-state index is 3.58. The van der Waals surface area contributed by atoms with Crippen molar-refractivity contribution in [2.45, 2.75) is 71.4 Å². The number of likely N-dealkylation sites (N-methyl/N-ethyl adjacent to an activating group) is 1. The van der Waals surface area contributed by atoms with Gasteiger partial charge < -0.3 is 5.32 Å². The molecule has 1 N–H and O–H groups in total. The molecule has 0 aliphatic heterocycles. The van der Waals surface area contributed by atoms with Crippen LogP contribution in [0.1, 0.15) is 59.3 Å². The molecule has 1 atom stereocenters. The normalized spacial score (nSPS) is 19.5. The van der Waals surface area contributed by atoms with Gasteiger partial charge >= 0.3 is 0 Å². The Balaban J connectivity index is 2.22. The van der Waals surface area contributed by atoms with Crippen LogP contribution < -0.4 is 5.32 Å². The number of hydrogen-bond acceptors (Lipinski definition) is 2. The van der Waals surface area contributed by atoms with Gasteiger partial charge in [0.1, 0.15) is 0 Å². The first-order valence-corrected chi connectivity index (χ1v) is 7.26. The molecule has 0 bridgehead atoms. The van der Waals surface area contributed by atoms with Crippen LogP contribution in [-0.4, -0.2) is 36.6 Å². The molecule has 0 spiro atoms. The lowest BCUT2D eigenvalue weighted by Crippen LogP contribution is -2.45. The van der Waals surface area contributed by atoms with E-state index < -0.39 is 0 Å². The van der Waals surface area contributed by atoms with Gasteiger partial charge in [0.05, 0.1) is 0 Å². The fraction of sp³-hybridized carbons (Fsp3) is 1.00. The van der Waals surface area contributed by atoms with E-state index in [0.717, 1.165) is 12.6 Å². The predicted molar refractivity (Wildman–Crippen MR) is 71.9 cm³/mol. The van der Waals surface area contributed by atoms with Crippen molar-refractivity contribution >= 4 is 0 Å². The molecule has 0 aromatic rings. The molecule has 1 aliphatic carbocycles. The zero-order valence-corrected chi connectivity index (χ0v) is 11.5. The molecule has 96 valence electrons. The Morgan fingerprint density at radius 3 is 2.50 bits per heavy atom. The summed E-state index contributed by atoms with van der Waals surface area (Å²) >= 11 is 0. The monoisotopic (exact) mass is 226 g/mol. The van der Waals surface area contributed by atoms with E-state index in [9.17, 15) is 0 Å². The standard InChI is InChI=1S/C14H30N2/c1-4-6-11-15-12-13(3)16(5-2)14-9-7-8-10-14/h13-15H,4-12H2,1-3H3. The van der Waals surface area contributed by atoms with Crippen molar-refractivity contribution in [1.82, 2.24) is 10.2 Å². The van der Waals surface area contributed by atoms with E-state index in [0.29, 0.717) is 6.04 Å². The van der Waals surface area contributed by atoms with Crippen LogP contribution in [0.15, 0.2) is 0 Å². The van der Waals surface area contributed by atoms with Gasteiger partial charge in [-0.05, 0) is 39.3 Å². The quantitative estimate of drug-likeness (QED) is 0.640. The summed E-state index contributed by atoms with van der Waals surface area (Å²) in [5.74, 6) is 0. The van der Waals surface area contributed by atoms with Crippen LogP contribution in [0.3, 0.4) is 0 Å². The van der Waals surface area contributed by atoms with Crippen LogP contribution in [0.2, 0.25) is 0 Å². The first kappa shape index (κ1) is 14.0. The molecular weight excluding hydrogens is 196 g/mol. The number of rotatable bonds is 8. The highest BCUT2D eigenvalue weighted by atomic mass is 15.2. The van der Waals surface area contributed by atoms with E-state index >= 15 is 0 Å². The Morgan fingerprint density at radius 1 is 1.25 bits per heavy atom. The number of unbranched alkanes of at least 4 members (excludes halogenated alkanes) is 1. The van der Waals surface area contributed by atoms with Crippen molar-refractivity contribution in [3.63, 3.8) is 0 Å². The second-order valence-electron chi connectivity index (χ2n) is 5.18. The van der Waals surface area contributed by atoms with E-state index in [1.165, 1.54) is 51.6 Å². The maximum absolute atomic E-state index is 3.58. The largest absolute Gasteiger partial charge is 0.315 e. The van der Waals surface area contributed by atoms with Crippen molar-refractivity contribution in [2.24, 2.45) is 0 Å². The SMILES string of the molecule is CCCCNCC(C)N(CC)C1CCCC1. The molecule has 0 aromatic carbocycles. The van der Waals surface area contributed by atoms with Gasteiger partial charge in [-0.25, -0.2) is 0 Å². The van der Waals surface area contributed by atoms with Crippen LogP contribution >= 0.6 is 0 Å². The van der Waals surface area contributed by atoms with Crippen molar-refractivity contribution in [3.05, 3.63) is 0 Å². The third-order valence-electron chi connectivity index (χ3n) is 3.87. The fourth-order valence-electron chi connectivity index (χ4n) is 2.90. The Bertz CT molecular complexity index is 164. The number of hydrogen-bond donors (Lipinski definition) is 1. The second kappa shape index (κ2) is 8.08. The highest BCUT2D eigenvalue weighted by Gasteiger charge is 2.24. The second-order valence-corrected chi connectivity index (χ2v) is 5.18. The van der Waals surface area contributed by atoms with Gasteiger partial charge in [-0.15, -0.1) is 0 Å². The molecule has 16 heavy (non-hydrogen) atoms. The third-order valence-corrected chi connectivity index (χ3v) is 3.87.